The highest BCUT2D eigenvalue weighted by molar-refractivity contribution is 6.32. The average molecular weight is 335 g/mol. The smallest absolute Gasteiger partial charge is 0.353 e. The van der Waals surface area contributed by atoms with E-state index < -0.39 is 17.9 Å². The van der Waals surface area contributed by atoms with Gasteiger partial charge < -0.3 is 10.4 Å². The summed E-state index contributed by atoms with van der Waals surface area (Å²) in [4.78, 5) is 36.7. The molecule has 0 saturated carbocycles. The van der Waals surface area contributed by atoms with Crippen molar-refractivity contribution in [1.29, 1.82) is 0 Å². The number of amides is 2. The van der Waals surface area contributed by atoms with E-state index in [1.165, 1.54) is 4.90 Å². The fraction of sp³-hybridized carbons (Fsp3) is 0.312. The first kappa shape index (κ1) is 15.6. The van der Waals surface area contributed by atoms with E-state index in [2.05, 4.69) is 5.32 Å². The van der Waals surface area contributed by atoms with Crippen LogP contribution in [0.4, 0.5) is 0 Å². The van der Waals surface area contributed by atoms with Crippen LogP contribution >= 0.6 is 11.6 Å². The zero-order valence-corrected chi connectivity index (χ0v) is 12.9. The van der Waals surface area contributed by atoms with Crippen LogP contribution < -0.4 is 5.32 Å². The molecule has 120 valence electrons. The zero-order chi connectivity index (χ0) is 16.6. The minimum atomic E-state index is -1.22. The maximum absolute atomic E-state index is 12.2. The van der Waals surface area contributed by atoms with Gasteiger partial charge in [0.1, 0.15) is 11.7 Å². The molecule has 0 unspecified atom stereocenters. The van der Waals surface area contributed by atoms with Crippen molar-refractivity contribution in [2.75, 3.05) is 0 Å². The Bertz CT molecular complexity index is 701. The summed E-state index contributed by atoms with van der Waals surface area (Å²) < 4.78 is 0. The van der Waals surface area contributed by atoms with Crippen LogP contribution in [0.15, 0.2) is 41.1 Å². The molecule has 6 nitrogen and oxygen atoms in total. The summed E-state index contributed by atoms with van der Waals surface area (Å²) in [5.41, 5.74) is 0.688. The van der Waals surface area contributed by atoms with Crippen LogP contribution in [-0.2, 0) is 20.8 Å². The van der Waals surface area contributed by atoms with Crippen molar-refractivity contribution in [3.8, 4) is 0 Å². The molecule has 2 aliphatic rings. The molecule has 0 aromatic heterocycles. The average Bonchev–Trinajstić information content (AvgIpc) is 2.53. The van der Waals surface area contributed by atoms with Crippen LogP contribution in [0.5, 0.6) is 0 Å². The SMILES string of the molecule is O=C(Cc1ccccc1)N[C@@H]1C(=O)N2C(C(=O)O)=C(Cl)CC[C@@H]12. The van der Waals surface area contributed by atoms with E-state index in [1.807, 2.05) is 30.3 Å². The number of carbonyl (C=O) groups is 3. The Hall–Kier alpha value is -2.34. The number of hydrogen-bond donors (Lipinski definition) is 2. The number of allylic oxidation sites excluding steroid dienone is 1. The van der Waals surface area contributed by atoms with Crippen molar-refractivity contribution in [3.63, 3.8) is 0 Å². The number of aliphatic carboxylic acids is 1. The molecule has 0 radical (unpaired) electrons. The molecule has 23 heavy (non-hydrogen) atoms. The van der Waals surface area contributed by atoms with Gasteiger partial charge in [-0.1, -0.05) is 41.9 Å². The van der Waals surface area contributed by atoms with Gasteiger partial charge in [0, 0.05) is 5.03 Å². The number of rotatable bonds is 4. The number of benzene rings is 1. The molecule has 2 amide bonds. The van der Waals surface area contributed by atoms with E-state index in [1.54, 1.807) is 0 Å². The molecule has 2 atom stereocenters. The number of hydrogen-bond acceptors (Lipinski definition) is 3. The van der Waals surface area contributed by atoms with Crippen molar-refractivity contribution < 1.29 is 19.5 Å². The Kier molecular flexibility index (Phi) is 4.09. The Balaban J connectivity index is 1.67. The molecule has 0 spiro atoms. The molecule has 2 heterocycles. The van der Waals surface area contributed by atoms with E-state index in [0.717, 1.165) is 5.56 Å². The number of fused-ring (bicyclic) bond motifs is 1. The fourth-order valence-electron chi connectivity index (χ4n) is 3.02. The minimum absolute atomic E-state index is 0.165. The number of carbonyl (C=O) groups excluding carboxylic acids is 2. The molecule has 0 aliphatic carbocycles. The summed E-state index contributed by atoms with van der Waals surface area (Å²) in [5.74, 6) is -1.90. The summed E-state index contributed by atoms with van der Waals surface area (Å²) >= 11 is 5.92. The lowest BCUT2D eigenvalue weighted by atomic mass is 9.86. The third kappa shape index (κ3) is 2.82. The maximum atomic E-state index is 12.2. The first-order chi connectivity index (χ1) is 11.0. The third-order valence-corrected chi connectivity index (χ3v) is 4.47. The first-order valence-corrected chi connectivity index (χ1v) is 7.65. The fourth-order valence-corrected chi connectivity index (χ4v) is 3.30. The van der Waals surface area contributed by atoms with E-state index in [-0.39, 0.29) is 29.1 Å². The molecule has 3 rings (SSSR count). The van der Waals surface area contributed by atoms with E-state index in [0.29, 0.717) is 12.8 Å². The molecular weight excluding hydrogens is 320 g/mol. The van der Waals surface area contributed by atoms with Crippen molar-refractivity contribution in [2.24, 2.45) is 0 Å². The van der Waals surface area contributed by atoms with Gasteiger partial charge in [0.25, 0.3) is 5.91 Å². The lowest BCUT2D eigenvalue weighted by Gasteiger charge is -2.49. The van der Waals surface area contributed by atoms with Gasteiger partial charge in [-0.3, -0.25) is 14.5 Å². The number of carboxylic acids is 1. The highest BCUT2D eigenvalue weighted by Gasteiger charge is 2.53. The van der Waals surface area contributed by atoms with Gasteiger partial charge in [-0.2, -0.15) is 0 Å². The van der Waals surface area contributed by atoms with Gasteiger partial charge in [0.05, 0.1) is 12.5 Å². The van der Waals surface area contributed by atoms with E-state index >= 15 is 0 Å². The molecule has 0 bridgehead atoms. The van der Waals surface area contributed by atoms with Gasteiger partial charge in [0.2, 0.25) is 5.91 Å². The summed E-state index contributed by atoms with van der Waals surface area (Å²) in [6.45, 7) is 0. The van der Waals surface area contributed by atoms with Crippen molar-refractivity contribution in [3.05, 3.63) is 46.6 Å². The molecule has 7 heteroatoms. The molecule has 1 fully saturated rings. The monoisotopic (exact) mass is 334 g/mol. The zero-order valence-electron chi connectivity index (χ0n) is 12.2. The second-order valence-corrected chi connectivity index (χ2v) is 6.04. The summed E-state index contributed by atoms with van der Waals surface area (Å²) in [7, 11) is 0. The Labute approximate surface area is 137 Å². The van der Waals surface area contributed by atoms with Gasteiger partial charge >= 0.3 is 5.97 Å². The van der Waals surface area contributed by atoms with Crippen LogP contribution in [0.2, 0.25) is 0 Å². The van der Waals surface area contributed by atoms with Gasteiger partial charge in [-0.15, -0.1) is 0 Å². The molecule has 2 N–H and O–H groups in total. The summed E-state index contributed by atoms with van der Waals surface area (Å²) in [6.07, 6.45) is 1.11. The van der Waals surface area contributed by atoms with Crippen molar-refractivity contribution in [1.82, 2.24) is 10.2 Å². The minimum Gasteiger partial charge on any atom is -0.477 e. The second-order valence-electron chi connectivity index (χ2n) is 5.58. The molecule has 1 aromatic carbocycles. The predicted molar refractivity (Wildman–Crippen MR) is 82.5 cm³/mol. The third-order valence-electron chi connectivity index (χ3n) is 4.10. The molecule has 1 saturated heterocycles. The summed E-state index contributed by atoms with van der Waals surface area (Å²) in [5, 5.41) is 12.1. The standard InChI is InChI=1S/C16H15ClN2O4/c17-10-6-7-11-13(15(21)19(11)14(10)16(22)23)18-12(20)8-9-4-2-1-3-5-9/h1-5,11,13H,6-8H2,(H,18,20)(H,22,23)/t11-,13-/m0/s1. The van der Waals surface area contributed by atoms with Crippen LogP contribution in [0.3, 0.4) is 0 Å². The molecular formula is C16H15ClN2O4. The first-order valence-electron chi connectivity index (χ1n) is 7.27. The number of nitrogens with zero attached hydrogens (tertiary/aromatic N) is 1. The quantitative estimate of drug-likeness (QED) is 0.811. The molecule has 2 aliphatic heterocycles. The largest absolute Gasteiger partial charge is 0.477 e. The number of β-lactam (4-membered cyclic amide) rings is 1. The van der Waals surface area contributed by atoms with Crippen LogP contribution in [0, 0.1) is 0 Å². The lowest BCUT2D eigenvalue weighted by Crippen LogP contribution is -2.71. The highest BCUT2D eigenvalue weighted by atomic mass is 35.5. The number of halogens is 1. The van der Waals surface area contributed by atoms with Gasteiger partial charge in [-0.25, -0.2) is 4.79 Å². The Morgan fingerprint density at radius 3 is 2.65 bits per heavy atom. The van der Waals surface area contributed by atoms with Gasteiger partial charge in [-0.05, 0) is 18.4 Å². The van der Waals surface area contributed by atoms with Crippen LogP contribution in [0.1, 0.15) is 18.4 Å². The van der Waals surface area contributed by atoms with E-state index in [9.17, 15) is 19.5 Å². The predicted octanol–water partition coefficient (Wildman–Crippen LogP) is 1.25. The number of nitrogens with one attached hydrogen (secondary N) is 1. The van der Waals surface area contributed by atoms with Crippen LogP contribution in [-0.4, -0.2) is 39.9 Å². The maximum Gasteiger partial charge on any atom is 0.353 e. The van der Waals surface area contributed by atoms with Crippen molar-refractivity contribution >= 4 is 29.4 Å². The van der Waals surface area contributed by atoms with Gasteiger partial charge in [0.15, 0.2) is 0 Å². The highest BCUT2D eigenvalue weighted by Crippen LogP contribution is 2.37. The van der Waals surface area contributed by atoms with Crippen LogP contribution in [0.25, 0.3) is 0 Å². The normalized spacial score (nSPS) is 23.2. The Morgan fingerprint density at radius 2 is 2.00 bits per heavy atom. The second kappa shape index (κ2) is 6.04. The van der Waals surface area contributed by atoms with Crippen molar-refractivity contribution in [2.45, 2.75) is 31.3 Å². The van der Waals surface area contributed by atoms with E-state index in [4.69, 9.17) is 11.6 Å². The lowest BCUT2D eigenvalue weighted by molar-refractivity contribution is -0.155. The number of carboxylic acid groups (broad SMARTS) is 1. The Morgan fingerprint density at radius 1 is 1.30 bits per heavy atom. The topological polar surface area (TPSA) is 86.7 Å². The summed E-state index contributed by atoms with van der Waals surface area (Å²) in [6, 6.07) is 8.19. The molecule has 1 aromatic rings.